The number of hydrazine groups is 1. The molecule has 0 atom stereocenters. The zero-order valence-corrected chi connectivity index (χ0v) is 14.4. The molecule has 1 aromatic heterocycles. The number of hydrogen-bond donors (Lipinski definition) is 2. The summed E-state index contributed by atoms with van der Waals surface area (Å²) in [6, 6.07) is 8.81. The van der Waals surface area contributed by atoms with Gasteiger partial charge in [-0.05, 0) is 29.1 Å². The molecule has 2 amide bonds. The Balaban J connectivity index is 1.69. The van der Waals surface area contributed by atoms with E-state index in [0.717, 1.165) is 5.56 Å². The third-order valence-electron chi connectivity index (χ3n) is 2.55. The van der Waals surface area contributed by atoms with Crippen LogP contribution in [0.25, 0.3) is 0 Å². The quantitative estimate of drug-likeness (QED) is 0.783. The number of thiophene rings is 1. The molecular weight excluding hydrogens is 363 g/mol. The van der Waals surface area contributed by atoms with Crippen LogP contribution in [-0.4, -0.2) is 17.6 Å². The summed E-state index contributed by atoms with van der Waals surface area (Å²) in [7, 11) is 0. The van der Waals surface area contributed by atoms with Crippen molar-refractivity contribution < 1.29 is 9.59 Å². The summed E-state index contributed by atoms with van der Waals surface area (Å²) < 4.78 is 0. The molecule has 0 bridgehead atoms. The zero-order chi connectivity index (χ0) is 15.9. The van der Waals surface area contributed by atoms with Crippen molar-refractivity contribution in [3.63, 3.8) is 0 Å². The lowest BCUT2D eigenvalue weighted by atomic mass is 10.2. The Kier molecular flexibility index (Phi) is 6.57. The highest BCUT2D eigenvalue weighted by molar-refractivity contribution is 7.99. The molecule has 0 aliphatic heterocycles. The van der Waals surface area contributed by atoms with E-state index in [4.69, 9.17) is 23.2 Å². The first-order valence-electron chi connectivity index (χ1n) is 6.20. The second-order valence-electron chi connectivity index (χ2n) is 4.22. The Morgan fingerprint density at radius 1 is 1.14 bits per heavy atom. The molecule has 1 heterocycles. The Bertz CT molecular complexity index is 663. The van der Waals surface area contributed by atoms with Gasteiger partial charge in [-0.1, -0.05) is 35.3 Å². The van der Waals surface area contributed by atoms with E-state index in [2.05, 4.69) is 10.9 Å². The highest BCUT2D eigenvalue weighted by Gasteiger charge is 2.08. The Labute approximate surface area is 146 Å². The van der Waals surface area contributed by atoms with Crippen LogP contribution in [0.1, 0.15) is 15.2 Å². The first kappa shape index (κ1) is 17.1. The molecule has 0 saturated heterocycles. The third-order valence-corrected chi connectivity index (χ3v) is 5.16. The van der Waals surface area contributed by atoms with Gasteiger partial charge < -0.3 is 0 Å². The van der Waals surface area contributed by atoms with Crippen molar-refractivity contribution in [1.29, 1.82) is 0 Å². The van der Waals surface area contributed by atoms with Crippen LogP contribution in [0.5, 0.6) is 0 Å². The molecule has 116 valence electrons. The number of thioether (sulfide) groups is 1. The number of nitrogens with one attached hydrogen (secondary N) is 2. The van der Waals surface area contributed by atoms with Crippen LogP contribution in [0.3, 0.4) is 0 Å². The van der Waals surface area contributed by atoms with Crippen LogP contribution in [-0.2, 0) is 10.5 Å². The van der Waals surface area contributed by atoms with Gasteiger partial charge >= 0.3 is 0 Å². The highest BCUT2D eigenvalue weighted by atomic mass is 35.5. The number of rotatable bonds is 5. The molecule has 0 radical (unpaired) electrons. The first-order chi connectivity index (χ1) is 10.6. The molecule has 0 unspecified atom stereocenters. The first-order valence-corrected chi connectivity index (χ1v) is 8.99. The summed E-state index contributed by atoms with van der Waals surface area (Å²) in [6.45, 7) is 0. The lowest BCUT2D eigenvalue weighted by molar-refractivity contribution is -0.119. The molecule has 2 rings (SSSR count). The van der Waals surface area contributed by atoms with Crippen LogP contribution in [0.15, 0.2) is 35.7 Å². The van der Waals surface area contributed by atoms with Crippen LogP contribution in [0, 0.1) is 0 Å². The Morgan fingerprint density at radius 3 is 2.64 bits per heavy atom. The fourth-order valence-corrected chi connectivity index (χ4v) is 3.24. The topological polar surface area (TPSA) is 58.2 Å². The van der Waals surface area contributed by atoms with Crippen LogP contribution in [0.4, 0.5) is 0 Å². The van der Waals surface area contributed by atoms with E-state index in [0.29, 0.717) is 20.7 Å². The van der Waals surface area contributed by atoms with Gasteiger partial charge in [0.2, 0.25) is 5.91 Å². The highest BCUT2D eigenvalue weighted by Crippen LogP contribution is 2.24. The maximum Gasteiger partial charge on any atom is 0.279 e. The van der Waals surface area contributed by atoms with E-state index in [-0.39, 0.29) is 17.6 Å². The average Bonchev–Trinajstić information content (AvgIpc) is 3.03. The van der Waals surface area contributed by atoms with Gasteiger partial charge in [-0.3, -0.25) is 20.4 Å². The summed E-state index contributed by atoms with van der Waals surface area (Å²) in [5.41, 5.74) is 5.73. The number of carbonyl (C=O) groups is 2. The van der Waals surface area contributed by atoms with Crippen molar-refractivity contribution in [1.82, 2.24) is 10.9 Å². The van der Waals surface area contributed by atoms with E-state index < -0.39 is 0 Å². The van der Waals surface area contributed by atoms with Gasteiger partial charge in [-0.25, -0.2) is 0 Å². The molecule has 2 N–H and O–H groups in total. The van der Waals surface area contributed by atoms with Gasteiger partial charge in [-0.15, -0.1) is 23.1 Å². The molecule has 0 aliphatic carbocycles. The van der Waals surface area contributed by atoms with Crippen LogP contribution >= 0.6 is 46.3 Å². The SMILES string of the molecule is O=C(CSCc1ccc(Cl)c(Cl)c1)NNC(=O)c1cccs1. The number of benzene rings is 1. The van der Waals surface area contributed by atoms with Gasteiger partial charge in [0.05, 0.1) is 20.7 Å². The summed E-state index contributed by atoms with van der Waals surface area (Å²) in [5.74, 6) is 0.265. The standard InChI is InChI=1S/C14H12Cl2N2O2S2/c15-10-4-3-9(6-11(10)16)7-21-8-13(19)17-18-14(20)12-2-1-5-22-12/h1-6H,7-8H2,(H,17,19)(H,18,20). The van der Waals surface area contributed by atoms with E-state index in [1.165, 1.54) is 23.1 Å². The molecular formula is C14H12Cl2N2O2S2. The van der Waals surface area contributed by atoms with Gasteiger partial charge in [0.15, 0.2) is 0 Å². The maximum absolute atomic E-state index is 11.6. The molecule has 4 nitrogen and oxygen atoms in total. The summed E-state index contributed by atoms with van der Waals surface area (Å²) in [6.07, 6.45) is 0. The van der Waals surface area contributed by atoms with Gasteiger partial charge in [0.1, 0.15) is 0 Å². The van der Waals surface area contributed by atoms with Crippen molar-refractivity contribution in [2.75, 3.05) is 5.75 Å². The monoisotopic (exact) mass is 374 g/mol. The summed E-state index contributed by atoms with van der Waals surface area (Å²) in [5, 5.41) is 2.79. The molecule has 0 aliphatic rings. The minimum atomic E-state index is -0.321. The molecule has 1 aromatic carbocycles. The van der Waals surface area contributed by atoms with Gasteiger partial charge in [0.25, 0.3) is 5.91 Å². The molecule has 2 aromatic rings. The van der Waals surface area contributed by atoms with Crippen molar-refractivity contribution in [3.8, 4) is 0 Å². The van der Waals surface area contributed by atoms with Crippen molar-refractivity contribution in [2.24, 2.45) is 0 Å². The van der Waals surface area contributed by atoms with E-state index >= 15 is 0 Å². The molecule has 8 heteroatoms. The second kappa shape index (κ2) is 8.43. The molecule has 0 fully saturated rings. The van der Waals surface area contributed by atoms with E-state index in [1.807, 2.05) is 6.07 Å². The largest absolute Gasteiger partial charge is 0.279 e. The van der Waals surface area contributed by atoms with Crippen LogP contribution < -0.4 is 10.9 Å². The predicted molar refractivity (Wildman–Crippen MR) is 92.6 cm³/mol. The molecule has 22 heavy (non-hydrogen) atoms. The third kappa shape index (κ3) is 5.21. The second-order valence-corrected chi connectivity index (χ2v) is 6.97. The van der Waals surface area contributed by atoms with E-state index in [9.17, 15) is 9.59 Å². The minimum absolute atomic E-state index is 0.227. The van der Waals surface area contributed by atoms with Crippen molar-refractivity contribution in [2.45, 2.75) is 5.75 Å². The predicted octanol–water partition coefficient (Wildman–Crippen LogP) is 3.75. The maximum atomic E-state index is 11.6. The number of carbonyl (C=O) groups excluding carboxylic acids is 2. The van der Waals surface area contributed by atoms with Crippen molar-refractivity contribution >= 4 is 58.1 Å². The smallest absolute Gasteiger partial charge is 0.272 e. The average molecular weight is 375 g/mol. The van der Waals surface area contributed by atoms with Crippen LogP contribution in [0.2, 0.25) is 10.0 Å². The van der Waals surface area contributed by atoms with Gasteiger partial charge in [0, 0.05) is 5.75 Å². The summed E-state index contributed by atoms with van der Waals surface area (Å²) in [4.78, 5) is 23.8. The van der Waals surface area contributed by atoms with Gasteiger partial charge in [-0.2, -0.15) is 0 Å². The molecule has 0 spiro atoms. The molecule has 0 saturated carbocycles. The minimum Gasteiger partial charge on any atom is -0.272 e. The lowest BCUT2D eigenvalue weighted by Gasteiger charge is -2.06. The lowest BCUT2D eigenvalue weighted by Crippen LogP contribution is -2.42. The van der Waals surface area contributed by atoms with Crippen molar-refractivity contribution in [3.05, 3.63) is 56.2 Å². The Hall–Kier alpha value is -1.21. The zero-order valence-electron chi connectivity index (χ0n) is 11.3. The Morgan fingerprint density at radius 2 is 1.95 bits per heavy atom. The number of halogens is 2. The fourth-order valence-electron chi connectivity index (χ4n) is 1.52. The summed E-state index contributed by atoms with van der Waals surface area (Å²) >= 11 is 14.5. The normalized spacial score (nSPS) is 10.3. The fraction of sp³-hybridized carbons (Fsp3) is 0.143. The number of amides is 2. The van der Waals surface area contributed by atoms with E-state index in [1.54, 1.807) is 29.6 Å². The number of hydrogen-bond acceptors (Lipinski definition) is 4.